The predicted molar refractivity (Wildman–Crippen MR) is 149 cm³/mol. The van der Waals surface area contributed by atoms with Crippen molar-refractivity contribution in [3.05, 3.63) is 64.1 Å². The van der Waals surface area contributed by atoms with Gasteiger partial charge in [-0.25, -0.2) is 9.97 Å². The molecule has 11 heteroatoms. The van der Waals surface area contributed by atoms with Crippen molar-refractivity contribution in [2.24, 2.45) is 5.73 Å². The van der Waals surface area contributed by atoms with E-state index >= 15 is 0 Å². The quantitative estimate of drug-likeness (QED) is 0.251. The van der Waals surface area contributed by atoms with E-state index in [2.05, 4.69) is 41.1 Å². The van der Waals surface area contributed by atoms with E-state index in [0.29, 0.717) is 17.8 Å². The number of halogens is 1. The molecule has 4 N–H and O–H groups in total. The van der Waals surface area contributed by atoms with Crippen molar-refractivity contribution >= 4 is 44.7 Å². The second kappa shape index (κ2) is 11.4. The van der Waals surface area contributed by atoms with Gasteiger partial charge in [0.2, 0.25) is 5.95 Å². The Morgan fingerprint density at radius 2 is 1.97 bits per heavy atom. The Morgan fingerprint density at radius 1 is 1.16 bits per heavy atom. The number of benzene rings is 2. The summed E-state index contributed by atoms with van der Waals surface area (Å²) in [6.07, 6.45) is 6.28. The topological polar surface area (TPSA) is 131 Å². The summed E-state index contributed by atoms with van der Waals surface area (Å²) in [4.78, 5) is 39.6. The number of primary amides is 1. The van der Waals surface area contributed by atoms with Crippen molar-refractivity contribution < 1.29 is 14.3 Å². The number of carbonyl (C=O) groups is 2. The number of aromatic amines is 1. The number of amides is 2. The third-order valence-electron chi connectivity index (χ3n) is 6.67. The molecule has 1 aliphatic heterocycles. The van der Waals surface area contributed by atoms with Gasteiger partial charge in [0.05, 0.1) is 23.3 Å². The van der Waals surface area contributed by atoms with Crippen LogP contribution in [0.4, 0.5) is 5.95 Å². The molecule has 10 nitrogen and oxygen atoms in total. The number of piperidine rings is 1. The Hall–Kier alpha value is -3.70. The van der Waals surface area contributed by atoms with Gasteiger partial charge in [0.25, 0.3) is 11.8 Å². The number of nitrogens with zero attached hydrogens (tertiary/aromatic N) is 4. The molecule has 0 saturated carbocycles. The molecule has 1 fully saturated rings. The molecule has 38 heavy (non-hydrogen) atoms. The maximum absolute atomic E-state index is 13.4. The Labute approximate surface area is 228 Å². The number of aryl methyl sites for hydroxylation is 1. The first kappa shape index (κ1) is 25.9. The molecule has 0 radical (unpaired) electrons. The number of nitrogens with two attached hydrogens (primary N) is 1. The van der Waals surface area contributed by atoms with Gasteiger partial charge in [-0.05, 0) is 69.1 Å². The van der Waals surface area contributed by atoms with Crippen molar-refractivity contribution in [2.75, 3.05) is 31.6 Å². The minimum absolute atomic E-state index is 0.0249. The molecule has 3 heterocycles. The van der Waals surface area contributed by atoms with Crippen LogP contribution in [-0.4, -0.2) is 62.5 Å². The van der Waals surface area contributed by atoms with Crippen LogP contribution < -0.4 is 15.8 Å². The fourth-order valence-corrected chi connectivity index (χ4v) is 5.09. The molecular formula is C27H30BrN7O3. The number of hydrogen-bond donors (Lipinski definition) is 3. The molecule has 4 aromatic rings. The van der Waals surface area contributed by atoms with Gasteiger partial charge in [-0.1, -0.05) is 28.4 Å². The van der Waals surface area contributed by atoms with Crippen LogP contribution in [-0.2, 0) is 0 Å². The van der Waals surface area contributed by atoms with Crippen LogP contribution in [0.3, 0.4) is 0 Å². The third-order valence-corrected chi connectivity index (χ3v) is 7.16. The van der Waals surface area contributed by atoms with Crippen molar-refractivity contribution in [1.82, 2.24) is 24.4 Å². The monoisotopic (exact) mass is 579 g/mol. The van der Waals surface area contributed by atoms with Gasteiger partial charge in [-0.15, -0.1) is 0 Å². The summed E-state index contributed by atoms with van der Waals surface area (Å²) < 4.78 is 8.32. The lowest BCUT2D eigenvalue weighted by Gasteiger charge is -2.26. The Balaban J connectivity index is 1.30. The van der Waals surface area contributed by atoms with Crippen molar-refractivity contribution in [2.45, 2.75) is 32.6 Å². The molecular weight excluding hydrogens is 550 g/mol. The van der Waals surface area contributed by atoms with E-state index in [1.165, 1.54) is 38.7 Å². The Morgan fingerprint density at radius 3 is 2.76 bits per heavy atom. The molecule has 2 amide bonds. The first-order valence-corrected chi connectivity index (χ1v) is 13.5. The lowest BCUT2D eigenvalue weighted by molar-refractivity contribution is 0.0970. The maximum Gasteiger partial charge on any atom is 0.277 e. The number of aromatic nitrogens is 4. The van der Waals surface area contributed by atoms with E-state index in [-0.39, 0.29) is 17.3 Å². The van der Waals surface area contributed by atoms with Crippen LogP contribution in [0.1, 0.15) is 52.2 Å². The molecule has 5 rings (SSSR count). The SMILES string of the molecule is Cc1ccc(Br)cc1-n1cnc(C(N)=O)c1C(=O)Nc1nc2ccc(OCCCN3CCCCC3)cc2[nH]1. The summed E-state index contributed by atoms with van der Waals surface area (Å²) in [5.74, 6) is -0.393. The highest BCUT2D eigenvalue weighted by Gasteiger charge is 2.25. The summed E-state index contributed by atoms with van der Waals surface area (Å²) in [7, 11) is 0. The van der Waals surface area contributed by atoms with E-state index in [9.17, 15) is 9.59 Å². The average molecular weight is 580 g/mol. The van der Waals surface area contributed by atoms with Gasteiger partial charge in [-0.3, -0.25) is 19.5 Å². The van der Waals surface area contributed by atoms with E-state index in [0.717, 1.165) is 34.3 Å². The van der Waals surface area contributed by atoms with E-state index in [4.69, 9.17) is 10.5 Å². The van der Waals surface area contributed by atoms with Crippen LogP contribution in [0.2, 0.25) is 0 Å². The van der Waals surface area contributed by atoms with E-state index < -0.39 is 11.8 Å². The highest BCUT2D eigenvalue weighted by Crippen LogP contribution is 2.25. The number of fused-ring (bicyclic) bond motifs is 1. The number of nitrogens with one attached hydrogen (secondary N) is 2. The van der Waals surface area contributed by atoms with Gasteiger partial charge in [-0.2, -0.15) is 0 Å². The molecule has 0 atom stereocenters. The number of rotatable bonds is 9. The smallest absolute Gasteiger partial charge is 0.277 e. The molecule has 0 aliphatic carbocycles. The fourth-order valence-electron chi connectivity index (χ4n) is 4.74. The molecule has 0 bridgehead atoms. The third kappa shape index (κ3) is 5.73. The van der Waals surface area contributed by atoms with Gasteiger partial charge >= 0.3 is 0 Å². The number of carbonyl (C=O) groups excluding carboxylic acids is 2. The van der Waals surface area contributed by atoms with Gasteiger partial charge in [0.15, 0.2) is 5.69 Å². The first-order chi connectivity index (χ1) is 18.4. The molecule has 2 aromatic heterocycles. The summed E-state index contributed by atoms with van der Waals surface area (Å²) in [6.45, 7) is 5.94. The number of likely N-dealkylation sites (tertiary alicyclic amines) is 1. The summed E-state index contributed by atoms with van der Waals surface area (Å²) >= 11 is 3.45. The molecule has 0 spiro atoms. The van der Waals surface area contributed by atoms with Gasteiger partial charge in [0, 0.05) is 17.1 Å². The van der Waals surface area contributed by atoms with Crippen LogP contribution in [0, 0.1) is 6.92 Å². The van der Waals surface area contributed by atoms with Crippen molar-refractivity contribution in [3.8, 4) is 11.4 Å². The zero-order chi connectivity index (χ0) is 26.6. The summed E-state index contributed by atoms with van der Waals surface area (Å²) in [6, 6.07) is 11.2. The largest absolute Gasteiger partial charge is 0.493 e. The minimum atomic E-state index is -0.798. The molecule has 1 aliphatic rings. The zero-order valence-corrected chi connectivity index (χ0v) is 22.8. The summed E-state index contributed by atoms with van der Waals surface area (Å²) in [5, 5.41) is 2.75. The normalized spacial score (nSPS) is 14.1. The molecule has 2 aromatic carbocycles. The lowest BCUT2D eigenvalue weighted by atomic mass is 10.1. The number of hydrogen-bond acceptors (Lipinski definition) is 6. The first-order valence-electron chi connectivity index (χ1n) is 12.7. The minimum Gasteiger partial charge on any atom is -0.493 e. The number of ether oxygens (including phenoxy) is 1. The zero-order valence-electron chi connectivity index (χ0n) is 21.2. The lowest BCUT2D eigenvalue weighted by Crippen LogP contribution is -2.31. The average Bonchev–Trinajstić information content (AvgIpc) is 3.52. The number of imidazole rings is 2. The Bertz CT molecular complexity index is 1470. The number of H-pyrrole nitrogens is 1. The molecule has 1 saturated heterocycles. The highest BCUT2D eigenvalue weighted by atomic mass is 79.9. The van der Waals surface area contributed by atoms with Gasteiger partial charge < -0.3 is 20.4 Å². The predicted octanol–water partition coefficient (Wildman–Crippen LogP) is 4.43. The Kier molecular flexibility index (Phi) is 7.75. The van der Waals surface area contributed by atoms with Crippen molar-refractivity contribution in [1.29, 1.82) is 0 Å². The highest BCUT2D eigenvalue weighted by molar-refractivity contribution is 9.10. The van der Waals surface area contributed by atoms with Crippen LogP contribution in [0.15, 0.2) is 47.2 Å². The molecule has 198 valence electrons. The van der Waals surface area contributed by atoms with Crippen molar-refractivity contribution in [3.63, 3.8) is 0 Å². The number of anilines is 1. The van der Waals surface area contributed by atoms with Crippen LogP contribution in [0.5, 0.6) is 5.75 Å². The summed E-state index contributed by atoms with van der Waals surface area (Å²) in [5.41, 5.74) is 8.41. The molecule has 0 unspecified atom stereocenters. The van der Waals surface area contributed by atoms with Crippen LogP contribution in [0.25, 0.3) is 16.7 Å². The van der Waals surface area contributed by atoms with E-state index in [1.54, 1.807) is 4.57 Å². The second-order valence-corrected chi connectivity index (χ2v) is 10.3. The van der Waals surface area contributed by atoms with Gasteiger partial charge in [0.1, 0.15) is 17.8 Å². The second-order valence-electron chi connectivity index (χ2n) is 9.43. The van der Waals surface area contributed by atoms with E-state index in [1.807, 2.05) is 43.3 Å². The standard InChI is InChI=1S/C27H30BrN7O3/c1-17-6-7-18(28)14-22(17)35-16-30-23(25(29)36)24(35)26(37)33-27-31-20-9-8-19(15-21(20)32-27)38-13-5-12-34-10-3-2-4-11-34/h6-9,14-16H,2-5,10-13H2,1H3,(H2,29,36)(H2,31,32,33,37). The maximum atomic E-state index is 13.4. The van der Waals surface area contributed by atoms with Crippen LogP contribution >= 0.6 is 15.9 Å². The fraction of sp³-hybridized carbons (Fsp3) is 0.333.